The number of rotatable bonds is 3. The molecule has 1 aromatic carbocycles. The summed E-state index contributed by atoms with van der Waals surface area (Å²) in [6.07, 6.45) is 2.88. The SMILES string of the molecule is O=C(Nc1cc(-c2ccc3c(c2)CCC3)no1)[C@@H]1COCCO1. The van der Waals surface area contributed by atoms with E-state index in [4.69, 9.17) is 14.0 Å². The fraction of sp³-hybridized carbons (Fsp3) is 0.412. The molecular weight excluding hydrogens is 296 g/mol. The monoisotopic (exact) mass is 314 g/mol. The molecule has 1 atom stereocenters. The van der Waals surface area contributed by atoms with Crippen LogP contribution in [-0.2, 0) is 27.1 Å². The number of benzene rings is 1. The van der Waals surface area contributed by atoms with E-state index in [-0.39, 0.29) is 12.5 Å². The van der Waals surface area contributed by atoms with Crippen molar-refractivity contribution < 1.29 is 18.8 Å². The van der Waals surface area contributed by atoms with Gasteiger partial charge in [-0.25, -0.2) is 0 Å². The predicted molar refractivity (Wildman–Crippen MR) is 83.2 cm³/mol. The van der Waals surface area contributed by atoms with Gasteiger partial charge >= 0.3 is 0 Å². The van der Waals surface area contributed by atoms with Crippen molar-refractivity contribution in [2.75, 3.05) is 25.1 Å². The topological polar surface area (TPSA) is 73.6 Å². The molecule has 2 aromatic rings. The largest absolute Gasteiger partial charge is 0.376 e. The standard InChI is InChI=1S/C17H18N2O4/c20-17(15-10-21-6-7-22-15)18-16-9-14(19-23-16)13-5-4-11-2-1-3-12(11)8-13/h4-5,8-9,15H,1-3,6-7,10H2,(H,18,20)/t15-/m0/s1. The highest BCUT2D eigenvalue weighted by Gasteiger charge is 2.24. The van der Waals surface area contributed by atoms with Crippen LogP contribution >= 0.6 is 0 Å². The minimum absolute atomic E-state index is 0.262. The van der Waals surface area contributed by atoms with Gasteiger partial charge in [-0.05, 0) is 36.5 Å². The number of nitrogens with zero attached hydrogens (tertiary/aromatic N) is 1. The Balaban J connectivity index is 1.47. The number of carbonyl (C=O) groups excluding carboxylic acids is 1. The van der Waals surface area contributed by atoms with Crippen LogP contribution in [0, 0.1) is 0 Å². The van der Waals surface area contributed by atoms with Crippen LogP contribution in [-0.4, -0.2) is 37.0 Å². The molecule has 1 aliphatic carbocycles. The summed E-state index contributed by atoms with van der Waals surface area (Å²) in [5.74, 6) is 0.0426. The van der Waals surface area contributed by atoms with E-state index in [0.29, 0.717) is 19.1 Å². The van der Waals surface area contributed by atoms with Gasteiger partial charge in [-0.1, -0.05) is 17.3 Å². The van der Waals surface area contributed by atoms with Gasteiger partial charge in [0.2, 0.25) is 5.88 Å². The molecule has 0 saturated carbocycles. The van der Waals surface area contributed by atoms with E-state index in [1.54, 1.807) is 6.07 Å². The summed E-state index contributed by atoms with van der Waals surface area (Å²) < 4.78 is 15.8. The summed E-state index contributed by atoms with van der Waals surface area (Å²) >= 11 is 0. The van der Waals surface area contributed by atoms with E-state index in [0.717, 1.165) is 24.1 Å². The number of hydrogen-bond donors (Lipinski definition) is 1. The Kier molecular flexibility index (Phi) is 3.85. The van der Waals surface area contributed by atoms with Gasteiger partial charge in [0.15, 0.2) is 6.10 Å². The van der Waals surface area contributed by atoms with Crippen LogP contribution in [0.4, 0.5) is 5.88 Å². The van der Waals surface area contributed by atoms with Crippen LogP contribution in [0.5, 0.6) is 0 Å². The number of aryl methyl sites for hydroxylation is 2. The fourth-order valence-electron chi connectivity index (χ4n) is 3.04. The number of ether oxygens (including phenoxy) is 2. The van der Waals surface area contributed by atoms with Crippen molar-refractivity contribution in [2.24, 2.45) is 0 Å². The molecule has 0 unspecified atom stereocenters. The third-order valence-electron chi connectivity index (χ3n) is 4.26. The van der Waals surface area contributed by atoms with Crippen molar-refractivity contribution in [2.45, 2.75) is 25.4 Å². The Hall–Kier alpha value is -2.18. The maximum absolute atomic E-state index is 12.1. The average molecular weight is 314 g/mol. The van der Waals surface area contributed by atoms with E-state index >= 15 is 0 Å². The van der Waals surface area contributed by atoms with Crippen LogP contribution in [0.2, 0.25) is 0 Å². The molecule has 1 amide bonds. The van der Waals surface area contributed by atoms with Gasteiger partial charge < -0.3 is 14.0 Å². The molecule has 1 N–H and O–H groups in total. The van der Waals surface area contributed by atoms with E-state index in [1.807, 2.05) is 6.07 Å². The zero-order valence-electron chi connectivity index (χ0n) is 12.7. The van der Waals surface area contributed by atoms with Crippen LogP contribution in [0.15, 0.2) is 28.8 Å². The summed E-state index contributed by atoms with van der Waals surface area (Å²) in [4.78, 5) is 12.1. The molecule has 2 heterocycles. The van der Waals surface area contributed by atoms with Crippen molar-refractivity contribution in [3.8, 4) is 11.3 Å². The number of hydrogen-bond acceptors (Lipinski definition) is 5. The molecule has 23 heavy (non-hydrogen) atoms. The van der Waals surface area contributed by atoms with Gasteiger partial charge in [0.25, 0.3) is 5.91 Å². The van der Waals surface area contributed by atoms with Crippen molar-refractivity contribution in [3.05, 3.63) is 35.4 Å². The molecule has 0 radical (unpaired) electrons. The lowest BCUT2D eigenvalue weighted by Gasteiger charge is -2.21. The van der Waals surface area contributed by atoms with Crippen LogP contribution in [0.3, 0.4) is 0 Å². The van der Waals surface area contributed by atoms with E-state index in [2.05, 4.69) is 22.6 Å². The zero-order valence-corrected chi connectivity index (χ0v) is 12.7. The van der Waals surface area contributed by atoms with Crippen molar-refractivity contribution in [1.82, 2.24) is 5.16 Å². The highest BCUT2D eigenvalue weighted by Crippen LogP contribution is 2.28. The molecule has 1 aromatic heterocycles. The smallest absolute Gasteiger partial charge is 0.258 e. The molecule has 120 valence electrons. The highest BCUT2D eigenvalue weighted by atomic mass is 16.6. The third kappa shape index (κ3) is 3.00. The summed E-state index contributed by atoms with van der Waals surface area (Å²) in [7, 11) is 0. The van der Waals surface area contributed by atoms with Crippen molar-refractivity contribution in [1.29, 1.82) is 0 Å². The second-order valence-corrected chi connectivity index (χ2v) is 5.84. The lowest BCUT2D eigenvalue weighted by atomic mass is 10.0. The summed E-state index contributed by atoms with van der Waals surface area (Å²) in [6.45, 7) is 1.21. The van der Waals surface area contributed by atoms with E-state index in [9.17, 15) is 4.79 Å². The number of amides is 1. The summed E-state index contributed by atoms with van der Waals surface area (Å²) in [5, 5.41) is 6.73. The third-order valence-corrected chi connectivity index (χ3v) is 4.26. The summed E-state index contributed by atoms with van der Waals surface area (Å²) in [5.41, 5.74) is 4.52. The van der Waals surface area contributed by atoms with E-state index in [1.165, 1.54) is 17.5 Å². The maximum Gasteiger partial charge on any atom is 0.258 e. The number of anilines is 1. The molecule has 4 rings (SSSR count). The van der Waals surface area contributed by atoms with Crippen LogP contribution in [0.25, 0.3) is 11.3 Å². The Morgan fingerprint density at radius 2 is 2.09 bits per heavy atom. The minimum Gasteiger partial charge on any atom is -0.376 e. The highest BCUT2D eigenvalue weighted by molar-refractivity contribution is 5.93. The molecule has 6 heteroatoms. The Labute approximate surface area is 133 Å². The normalized spacial score (nSPS) is 20.3. The number of nitrogens with one attached hydrogen (secondary N) is 1. The quantitative estimate of drug-likeness (QED) is 0.940. The molecule has 0 bridgehead atoms. The minimum atomic E-state index is -0.600. The van der Waals surface area contributed by atoms with Crippen molar-refractivity contribution in [3.63, 3.8) is 0 Å². The lowest BCUT2D eigenvalue weighted by molar-refractivity contribution is -0.142. The first-order chi connectivity index (χ1) is 11.3. The number of carbonyl (C=O) groups is 1. The first-order valence-electron chi connectivity index (χ1n) is 7.89. The van der Waals surface area contributed by atoms with Gasteiger partial charge in [0, 0.05) is 11.6 Å². The Morgan fingerprint density at radius 3 is 2.96 bits per heavy atom. The molecule has 2 aliphatic rings. The fourth-order valence-corrected chi connectivity index (χ4v) is 3.04. The molecular formula is C17H18N2O4. The number of aromatic nitrogens is 1. The first-order valence-corrected chi connectivity index (χ1v) is 7.89. The van der Waals surface area contributed by atoms with Crippen molar-refractivity contribution >= 4 is 11.8 Å². The second-order valence-electron chi connectivity index (χ2n) is 5.84. The molecule has 1 aliphatic heterocycles. The maximum atomic E-state index is 12.1. The molecule has 6 nitrogen and oxygen atoms in total. The molecule has 1 fully saturated rings. The van der Waals surface area contributed by atoms with Crippen LogP contribution in [0.1, 0.15) is 17.5 Å². The number of fused-ring (bicyclic) bond motifs is 1. The predicted octanol–water partition coefficient (Wildman–Crippen LogP) is 2.18. The first kappa shape index (κ1) is 14.4. The Bertz CT molecular complexity index is 719. The van der Waals surface area contributed by atoms with Crippen LogP contribution < -0.4 is 5.32 Å². The lowest BCUT2D eigenvalue weighted by Crippen LogP contribution is -2.38. The average Bonchev–Trinajstić information content (AvgIpc) is 3.23. The van der Waals surface area contributed by atoms with Gasteiger partial charge in [-0.15, -0.1) is 0 Å². The van der Waals surface area contributed by atoms with Gasteiger partial charge in [0.05, 0.1) is 19.8 Å². The second kappa shape index (κ2) is 6.14. The molecule has 1 saturated heterocycles. The van der Waals surface area contributed by atoms with Gasteiger partial charge in [0.1, 0.15) is 5.69 Å². The summed E-state index contributed by atoms with van der Waals surface area (Å²) in [6, 6.07) is 8.09. The van der Waals surface area contributed by atoms with Gasteiger partial charge in [-0.2, -0.15) is 0 Å². The molecule has 0 spiro atoms. The zero-order chi connectivity index (χ0) is 15.6. The van der Waals surface area contributed by atoms with Gasteiger partial charge in [-0.3, -0.25) is 10.1 Å². The Morgan fingerprint density at radius 1 is 1.17 bits per heavy atom. The van der Waals surface area contributed by atoms with E-state index < -0.39 is 6.10 Å².